The Labute approximate surface area is 177 Å². The van der Waals surface area contributed by atoms with Crippen molar-refractivity contribution in [2.24, 2.45) is 0 Å². The molecule has 0 rings (SSSR count). The van der Waals surface area contributed by atoms with Gasteiger partial charge in [0.15, 0.2) is 0 Å². The summed E-state index contributed by atoms with van der Waals surface area (Å²) in [5.74, 6) is -1.20. The molecule has 0 aromatic carbocycles. The van der Waals surface area contributed by atoms with Crippen LogP contribution in [-0.4, -0.2) is 59.1 Å². The fourth-order valence-corrected chi connectivity index (χ4v) is 0.831. The Hall–Kier alpha value is -1.09. The average molecular weight is 428 g/mol. The number of esters is 2. The van der Waals surface area contributed by atoms with Gasteiger partial charge in [0.05, 0.1) is 13.2 Å². The number of ketones is 2. The van der Waals surface area contributed by atoms with Crippen molar-refractivity contribution in [3.8, 4) is 0 Å². The number of hydrogen-bond donors (Lipinski definition) is 2. The Balaban J connectivity index is -0.0000000843. The zero-order valence-corrected chi connectivity index (χ0v) is 19.4. The van der Waals surface area contributed by atoms with Crippen molar-refractivity contribution in [3.05, 3.63) is 0 Å². The van der Waals surface area contributed by atoms with E-state index in [4.69, 9.17) is 10.2 Å². The molecule has 8 nitrogen and oxygen atoms in total. The Morgan fingerprint density at radius 2 is 0.889 bits per heavy atom. The van der Waals surface area contributed by atoms with Gasteiger partial charge in [-0.3, -0.25) is 19.2 Å². The quantitative estimate of drug-likeness (QED) is 0.373. The van der Waals surface area contributed by atoms with Crippen molar-refractivity contribution in [1.29, 1.82) is 0 Å². The van der Waals surface area contributed by atoms with Gasteiger partial charge in [0, 0.05) is 12.2 Å². The predicted octanol–water partition coefficient (Wildman–Crippen LogP) is 1.83. The van der Waals surface area contributed by atoms with E-state index in [0.717, 1.165) is 0 Å². The second-order valence-corrected chi connectivity index (χ2v) is 5.56. The normalized spacial score (nSPS) is 8.44. The summed E-state index contributed by atoms with van der Waals surface area (Å²) in [4.78, 5) is 41.3. The van der Waals surface area contributed by atoms with E-state index in [1.165, 1.54) is 13.8 Å². The minimum absolute atomic E-state index is 0. The molecule has 9 heteroatoms. The Kier molecular flexibility index (Phi) is 37.0. The first kappa shape index (κ1) is 36.8. The number of aliphatic hydroxyl groups is 2. The molecule has 0 bridgehead atoms. The molecular weight excluding hydrogens is 392 g/mol. The summed E-state index contributed by atoms with van der Waals surface area (Å²) in [6.45, 7) is 13.7. The molecule has 0 aromatic rings. The van der Waals surface area contributed by atoms with Crippen LogP contribution < -0.4 is 0 Å². The number of hydrogen-bond acceptors (Lipinski definition) is 8. The van der Waals surface area contributed by atoms with Gasteiger partial charge in [-0.25, -0.2) is 0 Å². The zero-order valence-electron chi connectivity index (χ0n) is 17.8. The summed E-state index contributed by atoms with van der Waals surface area (Å²) in [5.41, 5.74) is 0. The first-order valence-corrected chi connectivity index (χ1v) is 8.46. The summed E-state index contributed by atoms with van der Waals surface area (Å²) in [6, 6.07) is 0. The first-order chi connectivity index (χ1) is 11.8. The Bertz CT molecular complexity index is 340. The summed E-state index contributed by atoms with van der Waals surface area (Å²) < 4.78 is 8.99. The molecule has 0 aromatic heterocycles. The zero-order chi connectivity index (χ0) is 21.7. The third kappa shape index (κ3) is 78.4. The standard InChI is InChI=1S/2C6H10O3.2C3H8O.Ti/c2*1-3-9-6(8)4-5(2)7;2*1-3(2)4;/h2*3-4H2,1-2H3;2*3-4H,1-2H3;/q;;;;+4. The molecule has 0 aliphatic heterocycles. The molecule has 156 valence electrons. The fraction of sp³-hybridized carbons (Fsp3) is 0.778. The molecule has 0 aliphatic rings. The third-order valence-electron chi connectivity index (χ3n) is 1.40. The second-order valence-electron chi connectivity index (χ2n) is 5.56. The number of ether oxygens (including phenoxy) is 2. The van der Waals surface area contributed by atoms with Crippen LogP contribution in [0.1, 0.15) is 68.2 Å². The minimum atomic E-state index is -0.440. The van der Waals surface area contributed by atoms with Gasteiger partial charge in [-0.05, 0) is 55.4 Å². The van der Waals surface area contributed by atoms with Crippen molar-refractivity contribution < 1.29 is 60.6 Å². The van der Waals surface area contributed by atoms with E-state index < -0.39 is 11.9 Å². The van der Waals surface area contributed by atoms with Crippen molar-refractivity contribution in [1.82, 2.24) is 0 Å². The van der Waals surface area contributed by atoms with Crippen molar-refractivity contribution in [3.63, 3.8) is 0 Å². The number of carbonyl (C=O) groups excluding carboxylic acids is 4. The van der Waals surface area contributed by atoms with Crippen molar-refractivity contribution in [2.75, 3.05) is 13.2 Å². The maximum absolute atomic E-state index is 10.4. The molecule has 0 fully saturated rings. The van der Waals surface area contributed by atoms with E-state index in [0.29, 0.717) is 13.2 Å². The third-order valence-corrected chi connectivity index (χ3v) is 1.40. The van der Waals surface area contributed by atoms with Crippen LogP contribution in [0.15, 0.2) is 0 Å². The van der Waals surface area contributed by atoms with Gasteiger partial charge in [0.25, 0.3) is 0 Å². The van der Waals surface area contributed by atoms with Crippen LogP contribution in [-0.2, 0) is 50.4 Å². The van der Waals surface area contributed by atoms with Crippen LogP contribution in [0.25, 0.3) is 0 Å². The van der Waals surface area contributed by atoms with Gasteiger partial charge < -0.3 is 19.7 Å². The van der Waals surface area contributed by atoms with E-state index in [1.54, 1.807) is 41.5 Å². The van der Waals surface area contributed by atoms with Crippen LogP contribution in [0.4, 0.5) is 0 Å². The molecular formula is C18H36O8Ti+4. The van der Waals surface area contributed by atoms with Crippen molar-refractivity contribution in [2.45, 2.75) is 80.4 Å². The van der Waals surface area contributed by atoms with Gasteiger partial charge in [0.1, 0.15) is 24.4 Å². The fourth-order valence-electron chi connectivity index (χ4n) is 0.831. The molecule has 2 N–H and O–H groups in total. The van der Waals surface area contributed by atoms with Crippen LogP contribution in [0, 0.1) is 0 Å². The molecule has 0 radical (unpaired) electrons. The monoisotopic (exact) mass is 428 g/mol. The molecule has 0 unspecified atom stereocenters. The number of rotatable bonds is 6. The summed E-state index contributed by atoms with van der Waals surface area (Å²) in [5, 5.41) is 16.1. The first-order valence-electron chi connectivity index (χ1n) is 8.46. The van der Waals surface area contributed by atoms with E-state index >= 15 is 0 Å². The van der Waals surface area contributed by atoms with Gasteiger partial charge in [0.2, 0.25) is 0 Å². The largest absolute Gasteiger partial charge is 4.00 e. The van der Waals surface area contributed by atoms with Crippen LogP contribution in [0.2, 0.25) is 0 Å². The number of aliphatic hydroxyl groups excluding tert-OH is 2. The van der Waals surface area contributed by atoms with Gasteiger partial charge >= 0.3 is 33.7 Å². The topological polar surface area (TPSA) is 127 Å². The van der Waals surface area contributed by atoms with Gasteiger partial charge in [-0.2, -0.15) is 0 Å². The molecule has 0 amide bonds. The SMILES string of the molecule is CC(C)O.CC(C)O.CCOC(=O)CC(C)=O.CCOC(=O)CC(C)=O.[Ti+4]. The summed E-state index contributed by atoms with van der Waals surface area (Å²) in [7, 11) is 0. The van der Waals surface area contributed by atoms with Gasteiger partial charge in [-0.15, -0.1) is 0 Å². The van der Waals surface area contributed by atoms with E-state index in [2.05, 4.69) is 9.47 Å². The molecule has 0 saturated heterocycles. The number of carbonyl (C=O) groups is 4. The minimum Gasteiger partial charge on any atom is -0.466 e. The second kappa shape index (κ2) is 27.1. The van der Waals surface area contributed by atoms with E-state index in [9.17, 15) is 19.2 Å². The molecule has 0 spiro atoms. The summed E-state index contributed by atoms with van der Waals surface area (Å²) >= 11 is 0. The average Bonchev–Trinajstić information content (AvgIpc) is 2.36. The van der Waals surface area contributed by atoms with E-state index in [1.807, 2.05) is 0 Å². The predicted molar refractivity (Wildman–Crippen MR) is 98.6 cm³/mol. The van der Waals surface area contributed by atoms with Crippen molar-refractivity contribution >= 4 is 23.5 Å². The van der Waals surface area contributed by atoms with Gasteiger partial charge in [-0.1, -0.05) is 0 Å². The maximum atomic E-state index is 10.4. The van der Waals surface area contributed by atoms with Crippen LogP contribution in [0.5, 0.6) is 0 Å². The molecule has 27 heavy (non-hydrogen) atoms. The molecule has 0 saturated carbocycles. The molecule has 0 atom stereocenters. The summed E-state index contributed by atoms with van der Waals surface area (Å²) in [6.07, 6.45) is -0.540. The van der Waals surface area contributed by atoms with Crippen LogP contribution >= 0.6 is 0 Å². The molecule has 0 aliphatic carbocycles. The number of Topliss-reactive ketones (excluding diaryl/α,β-unsaturated/α-hetero) is 2. The maximum Gasteiger partial charge on any atom is 4.00 e. The smallest absolute Gasteiger partial charge is 0.466 e. The Morgan fingerprint density at radius 3 is 1.00 bits per heavy atom. The Morgan fingerprint density at radius 1 is 0.704 bits per heavy atom. The van der Waals surface area contributed by atoms with Crippen LogP contribution in [0.3, 0.4) is 0 Å². The van der Waals surface area contributed by atoms with E-state index in [-0.39, 0.29) is 58.3 Å². The molecule has 0 heterocycles.